The van der Waals surface area contributed by atoms with Gasteiger partial charge in [-0.15, -0.1) is 0 Å². The van der Waals surface area contributed by atoms with E-state index < -0.39 is 31.9 Å². The van der Waals surface area contributed by atoms with E-state index in [0.717, 1.165) is 0 Å². The van der Waals surface area contributed by atoms with Crippen molar-refractivity contribution >= 4 is 44.8 Å². The predicted octanol–water partition coefficient (Wildman–Crippen LogP) is 2.36. The van der Waals surface area contributed by atoms with Crippen molar-refractivity contribution in [2.75, 3.05) is 26.2 Å². The number of hydrogen-bond acceptors (Lipinski definition) is 8. The maximum atomic E-state index is 13.4. The summed E-state index contributed by atoms with van der Waals surface area (Å²) < 4.78 is 31.9. The number of carbonyl (C=O) groups excluding carboxylic acids is 3. The quantitative estimate of drug-likeness (QED) is 0.340. The van der Waals surface area contributed by atoms with Crippen LogP contribution in [0.1, 0.15) is 20.9 Å². The maximum Gasteiger partial charge on any atom is 0.288 e. The molecule has 1 N–H and O–H groups in total. The van der Waals surface area contributed by atoms with Crippen molar-refractivity contribution in [1.82, 2.24) is 15.1 Å². The van der Waals surface area contributed by atoms with Crippen molar-refractivity contribution in [2.24, 2.45) is 0 Å². The summed E-state index contributed by atoms with van der Waals surface area (Å²) >= 11 is 5.87. The SMILES string of the molecule is O=C(N[C@H](C(=O)N1CCN(C(=O)c2ccc([N+](=O)[O-])cc2)CC1)S(=O)(=O)c1ccc(Cl)cc1)c1ccco1. The number of carbonyl (C=O) groups is 3. The number of nitro groups is 1. The summed E-state index contributed by atoms with van der Waals surface area (Å²) in [6.45, 7) is 0.171. The molecule has 2 aromatic carbocycles. The van der Waals surface area contributed by atoms with Crippen LogP contribution in [0.4, 0.5) is 5.69 Å². The third-order valence-corrected chi connectivity index (χ3v) is 8.01. The molecule has 1 atom stereocenters. The fourth-order valence-corrected chi connectivity index (χ4v) is 5.42. The number of hydrogen-bond donors (Lipinski definition) is 1. The number of nitro benzene ring substituents is 1. The lowest BCUT2D eigenvalue weighted by molar-refractivity contribution is -0.384. The Labute approximate surface area is 221 Å². The van der Waals surface area contributed by atoms with Gasteiger partial charge in [-0.2, -0.15) is 0 Å². The Morgan fingerprint density at radius 2 is 1.55 bits per heavy atom. The third-order valence-electron chi connectivity index (χ3n) is 5.89. The van der Waals surface area contributed by atoms with Crippen LogP contribution < -0.4 is 5.32 Å². The average Bonchev–Trinajstić information content (AvgIpc) is 3.46. The molecule has 1 fully saturated rings. The molecule has 0 spiro atoms. The van der Waals surface area contributed by atoms with Crippen LogP contribution in [0.25, 0.3) is 0 Å². The molecule has 4 rings (SSSR count). The molecule has 2 heterocycles. The van der Waals surface area contributed by atoms with Crippen LogP contribution in [-0.2, 0) is 14.6 Å². The van der Waals surface area contributed by atoms with Crippen molar-refractivity contribution in [1.29, 1.82) is 0 Å². The molecule has 14 heteroatoms. The van der Waals surface area contributed by atoms with Crippen LogP contribution in [0.3, 0.4) is 0 Å². The summed E-state index contributed by atoms with van der Waals surface area (Å²) in [4.78, 5) is 51.7. The third kappa shape index (κ3) is 5.68. The van der Waals surface area contributed by atoms with E-state index in [2.05, 4.69) is 5.32 Å². The highest BCUT2D eigenvalue weighted by Gasteiger charge is 2.40. The lowest BCUT2D eigenvalue weighted by atomic mass is 10.1. The molecule has 0 unspecified atom stereocenters. The number of benzene rings is 2. The number of nitrogens with zero attached hydrogens (tertiary/aromatic N) is 3. The van der Waals surface area contributed by atoms with Crippen LogP contribution in [0.15, 0.2) is 76.2 Å². The van der Waals surface area contributed by atoms with Crippen molar-refractivity contribution in [3.63, 3.8) is 0 Å². The van der Waals surface area contributed by atoms with Crippen molar-refractivity contribution in [3.05, 3.63) is 93.4 Å². The van der Waals surface area contributed by atoms with Crippen molar-refractivity contribution in [3.8, 4) is 0 Å². The molecule has 12 nitrogen and oxygen atoms in total. The molecule has 1 aromatic heterocycles. The zero-order chi connectivity index (χ0) is 27.4. The van der Waals surface area contributed by atoms with Crippen molar-refractivity contribution < 1.29 is 32.1 Å². The van der Waals surface area contributed by atoms with Crippen LogP contribution in [0.2, 0.25) is 5.02 Å². The minimum atomic E-state index is -4.40. The molecule has 0 bridgehead atoms. The number of furan rings is 1. The Balaban J connectivity index is 1.51. The van der Waals surface area contributed by atoms with Gasteiger partial charge in [0.05, 0.1) is 16.1 Å². The number of sulfone groups is 1. The predicted molar refractivity (Wildman–Crippen MR) is 134 cm³/mol. The summed E-state index contributed by atoms with van der Waals surface area (Å²) in [5.41, 5.74) is 0.0887. The first-order valence-electron chi connectivity index (χ1n) is 11.2. The van der Waals surface area contributed by atoms with E-state index in [0.29, 0.717) is 5.02 Å². The molecule has 0 aliphatic carbocycles. The Bertz CT molecular complexity index is 1450. The Morgan fingerprint density at radius 1 is 0.947 bits per heavy atom. The van der Waals surface area contributed by atoms with E-state index >= 15 is 0 Å². The number of halogens is 1. The monoisotopic (exact) mass is 560 g/mol. The van der Waals surface area contributed by atoms with Crippen LogP contribution in [-0.4, -0.2) is 72.4 Å². The number of nitrogens with one attached hydrogen (secondary N) is 1. The number of non-ortho nitro benzene ring substituents is 1. The van der Waals surface area contributed by atoms with E-state index in [1.165, 1.54) is 76.7 Å². The standard InChI is InChI=1S/C24H21ClN4O8S/c25-17-5-9-19(10-6-17)38(35,36)22(26-21(30)20-2-1-15-37-20)24(32)28-13-11-27(12-14-28)23(31)16-3-7-18(8-4-16)29(33)34/h1-10,15,22H,11-14H2,(H,26,30)/t22-/m0/s1. The Kier molecular flexibility index (Phi) is 7.78. The Hall–Kier alpha value is -4.23. The molecule has 3 aromatic rings. The summed E-state index contributed by atoms with van der Waals surface area (Å²) in [5.74, 6) is -2.32. The molecule has 38 heavy (non-hydrogen) atoms. The number of piperazine rings is 1. The van der Waals surface area contributed by atoms with Crippen LogP contribution in [0, 0.1) is 10.1 Å². The zero-order valence-electron chi connectivity index (χ0n) is 19.7. The van der Waals surface area contributed by atoms with E-state index in [1.807, 2.05) is 0 Å². The van der Waals surface area contributed by atoms with Gasteiger partial charge in [-0.3, -0.25) is 24.5 Å². The molecule has 1 saturated heterocycles. The van der Waals surface area contributed by atoms with Gasteiger partial charge in [0.2, 0.25) is 15.2 Å². The second-order valence-electron chi connectivity index (χ2n) is 8.25. The molecule has 3 amide bonds. The normalized spacial score (nSPS) is 14.6. The lowest BCUT2D eigenvalue weighted by Crippen LogP contribution is -2.57. The first kappa shape index (κ1) is 26.8. The summed E-state index contributed by atoms with van der Waals surface area (Å²) in [6.07, 6.45) is 1.24. The van der Waals surface area contributed by atoms with E-state index in [1.54, 1.807) is 0 Å². The van der Waals surface area contributed by atoms with Gasteiger partial charge in [0.1, 0.15) is 0 Å². The average molecular weight is 561 g/mol. The van der Waals surface area contributed by atoms with Gasteiger partial charge >= 0.3 is 0 Å². The highest BCUT2D eigenvalue weighted by atomic mass is 35.5. The van der Waals surface area contributed by atoms with Crippen molar-refractivity contribution in [2.45, 2.75) is 10.3 Å². The molecule has 1 aliphatic heterocycles. The largest absolute Gasteiger partial charge is 0.459 e. The highest BCUT2D eigenvalue weighted by molar-refractivity contribution is 7.92. The lowest BCUT2D eigenvalue weighted by Gasteiger charge is -2.36. The molecule has 0 saturated carbocycles. The van der Waals surface area contributed by atoms with Gasteiger partial charge in [0.25, 0.3) is 23.4 Å². The number of amides is 3. The maximum absolute atomic E-state index is 13.4. The smallest absolute Gasteiger partial charge is 0.288 e. The van der Waals surface area contributed by atoms with E-state index in [-0.39, 0.29) is 54.0 Å². The second kappa shape index (κ2) is 11.0. The number of rotatable bonds is 7. The minimum Gasteiger partial charge on any atom is -0.459 e. The molecular weight excluding hydrogens is 540 g/mol. The van der Waals surface area contributed by atoms with Gasteiger partial charge in [-0.1, -0.05) is 11.6 Å². The molecular formula is C24H21ClN4O8S. The fourth-order valence-electron chi connectivity index (χ4n) is 3.83. The minimum absolute atomic E-state index is 0.000809. The summed E-state index contributed by atoms with van der Waals surface area (Å²) in [6, 6.07) is 13.1. The van der Waals surface area contributed by atoms with Crippen LogP contribution >= 0.6 is 11.6 Å². The zero-order valence-corrected chi connectivity index (χ0v) is 21.2. The van der Waals surface area contributed by atoms with E-state index in [9.17, 15) is 32.9 Å². The van der Waals surface area contributed by atoms with Gasteiger partial charge < -0.3 is 19.5 Å². The van der Waals surface area contributed by atoms with Gasteiger partial charge in [-0.25, -0.2) is 8.42 Å². The summed E-state index contributed by atoms with van der Waals surface area (Å²) in [5, 5.41) is 11.4. The fraction of sp³-hybridized carbons (Fsp3) is 0.208. The van der Waals surface area contributed by atoms with Gasteiger partial charge in [0, 0.05) is 48.9 Å². The molecule has 198 valence electrons. The van der Waals surface area contributed by atoms with Gasteiger partial charge in [-0.05, 0) is 48.5 Å². The van der Waals surface area contributed by atoms with Gasteiger partial charge in [0.15, 0.2) is 5.76 Å². The topological polar surface area (TPSA) is 160 Å². The highest BCUT2D eigenvalue weighted by Crippen LogP contribution is 2.21. The molecule has 0 radical (unpaired) electrons. The first-order valence-corrected chi connectivity index (χ1v) is 13.2. The second-order valence-corrected chi connectivity index (χ2v) is 10.7. The molecule has 1 aliphatic rings. The van der Waals surface area contributed by atoms with Crippen LogP contribution in [0.5, 0.6) is 0 Å². The summed E-state index contributed by atoms with van der Waals surface area (Å²) in [7, 11) is -4.40. The first-order chi connectivity index (χ1) is 18.1. The van der Waals surface area contributed by atoms with E-state index in [4.69, 9.17) is 16.0 Å². The Morgan fingerprint density at radius 3 is 2.11 bits per heavy atom.